The molecule has 16 heavy (non-hydrogen) atoms. The number of hydrogen-bond donors (Lipinski definition) is 2. The fraction of sp³-hybridized carbons (Fsp3) is 0.0769. The fourth-order valence-electron chi connectivity index (χ4n) is 1.49. The van der Waals surface area contributed by atoms with Gasteiger partial charge in [-0.3, -0.25) is 0 Å². The molecule has 0 aromatic heterocycles. The van der Waals surface area contributed by atoms with Gasteiger partial charge in [-0.1, -0.05) is 35.9 Å². The normalized spacial score (nSPS) is 10.1. The minimum Gasteiger partial charge on any atom is -0.399 e. The lowest BCUT2D eigenvalue weighted by atomic mass is 10.2. The zero-order valence-corrected chi connectivity index (χ0v) is 9.54. The molecule has 0 aliphatic carbocycles. The van der Waals surface area contributed by atoms with Gasteiger partial charge in [0, 0.05) is 22.9 Å². The standard InChI is InChI=1S/C13H13ClN2/c14-13-7-2-1-4-10(13)9-16-12-6-3-5-11(15)8-12/h1-8,16H,9,15H2. The Morgan fingerprint density at radius 1 is 1.06 bits per heavy atom. The van der Waals surface area contributed by atoms with Crippen molar-refractivity contribution < 1.29 is 0 Å². The maximum absolute atomic E-state index is 6.06. The van der Waals surface area contributed by atoms with Crippen LogP contribution in [0.3, 0.4) is 0 Å². The van der Waals surface area contributed by atoms with Gasteiger partial charge in [-0.05, 0) is 29.8 Å². The third kappa shape index (κ3) is 2.67. The minimum absolute atomic E-state index is 0.698. The summed E-state index contributed by atoms with van der Waals surface area (Å²) < 4.78 is 0. The summed E-state index contributed by atoms with van der Waals surface area (Å²) in [6, 6.07) is 15.4. The largest absolute Gasteiger partial charge is 0.399 e. The van der Waals surface area contributed by atoms with Gasteiger partial charge in [-0.2, -0.15) is 0 Å². The van der Waals surface area contributed by atoms with E-state index in [2.05, 4.69) is 5.32 Å². The van der Waals surface area contributed by atoms with E-state index < -0.39 is 0 Å². The molecule has 0 unspecified atom stereocenters. The summed E-state index contributed by atoms with van der Waals surface area (Å²) in [5, 5.41) is 4.05. The maximum atomic E-state index is 6.06. The minimum atomic E-state index is 0.698. The second kappa shape index (κ2) is 4.90. The molecule has 2 nitrogen and oxygen atoms in total. The van der Waals surface area contributed by atoms with Crippen LogP contribution in [0.2, 0.25) is 5.02 Å². The highest BCUT2D eigenvalue weighted by Gasteiger charge is 1.98. The van der Waals surface area contributed by atoms with Crippen molar-refractivity contribution in [2.45, 2.75) is 6.54 Å². The summed E-state index contributed by atoms with van der Waals surface area (Å²) in [6.45, 7) is 0.698. The van der Waals surface area contributed by atoms with E-state index >= 15 is 0 Å². The number of halogens is 1. The topological polar surface area (TPSA) is 38.0 Å². The van der Waals surface area contributed by atoms with Crippen LogP contribution >= 0.6 is 11.6 Å². The Balaban J connectivity index is 2.05. The SMILES string of the molecule is Nc1cccc(NCc2ccccc2Cl)c1. The van der Waals surface area contributed by atoms with E-state index in [0.29, 0.717) is 6.54 Å². The predicted octanol–water partition coefficient (Wildman–Crippen LogP) is 3.53. The molecule has 0 bridgehead atoms. The van der Waals surface area contributed by atoms with E-state index in [4.69, 9.17) is 17.3 Å². The van der Waals surface area contributed by atoms with E-state index in [1.807, 2.05) is 48.5 Å². The van der Waals surface area contributed by atoms with Gasteiger partial charge < -0.3 is 11.1 Å². The van der Waals surface area contributed by atoms with E-state index in [-0.39, 0.29) is 0 Å². The van der Waals surface area contributed by atoms with Crippen molar-refractivity contribution in [1.29, 1.82) is 0 Å². The van der Waals surface area contributed by atoms with Crippen molar-refractivity contribution in [3.05, 3.63) is 59.1 Å². The van der Waals surface area contributed by atoms with Gasteiger partial charge in [0.25, 0.3) is 0 Å². The van der Waals surface area contributed by atoms with Crippen LogP contribution < -0.4 is 11.1 Å². The Bertz CT molecular complexity index is 483. The number of nitrogens with two attached hydrogens (primary N) is 1. The average Bonchev–Trinajstić information content (AvgIpc) is 2.28. The van der Waals surface area contributed by atoms with Crippen LogP contribution in [0.5, 0.6) is 0 Å². The number of nitrogen functional groups attached to an aromatic ring is 1. The highest BCUT2D eigenvalue weighted by Crippen LogP contribution is 2.18. The molecule has 2 aromatic rings. The number of benzene rings is 2. The number of anilines is 2. The molecule has 3 N–H and O–H groups in total. The van der Waals surface area contributed by atoms with Crippen LogP contribution in [0.4, 0.5) is 11.4 Å². The van der Waals surface area contributed by atoms with Gasteiger partial charge in [0.1, 0.15) is 0 Å². The first-order valence-corrected chi connectivity index (χ1v) is 5.46. The molecular weight excluding hydrogens is 220 g/mol. The molecule has 0 saturated carbocycles. The Labute approximate surface area is 100 Å². The molecule has 0 atom stereocenters. The highest BCUT2D eigenvalue weighted by molar-refractivity contribution is 6.31. The van der Waals surface area contributed by atoms with Crippen LogP contribution in [-0.2, 0) is 6.54 Å². The van der Waals surface area contributed by atoms with Crippen molar-refractivity contribution in [3.63, 3.8) is 0 Å². The summed E-state index contributed by atoms with van der Waals surface area (Å²) in [4.78, 5) is 0. The molecule has 82 valence electrons. The molecule has 3 heteroatoms. The molecule has 0 aliphatic heterocycles. The van der Waals surface area contributed by atoms with Gasteiger partial charge in [0.2, 0.25) is 0 Å². The summed E-state index contributed by atoms with van der Waals surface area (Å²) in [5.41, 5.74) is 8.52. The first-order valence-electron chi connectivity index (χ1n) is 5.08. The molecule has 0 radical (unpaired) electrons. The molecule has 0 saturated heterocycles. The van der Waals surface area contributed by atoms with Crippen LogP contribution in [0.15, 0.2) is 48.5 Å². The predicted molar refractivity (Wildman–Crippen MR) is 69.6 cm³/mol. The van der Waals surface area contributed by atoms with Gasteiger partial charge in [0.15, 0.2) is 0 Å². The van der Waals surface area contributed by atoms with Crippen molar-refractivity contribution in [1.82, 2.24) is 0 Å². The molecule has 2 aromatic carbocycles. The summed E-state index contributed by atoms with van der Waals surface area (Å²) in [6.07, 6.45) is 0. The fourth-order valence-corrected chi connectivity index (χ4v) is 1.69. The van der Waals surface area contributed by atoms with E-state index in [9.17, 15) is 0 Å². The summed E-state index contributed by atoms with van der Waals surface area (Å²) >= 11 is 6.06. The van der Waals surface area contributed by atoms with Crippen molar-refractivity contribution in [3.8, 4) is 0 Å². The van der Waals surface area contributed by atoms with Gasteiger partial charge >= 0.3 is 0 Å². The molecule has 0 heterocycles. The number of nitrogens with one attached hydrogen (secondary N) is 1. The van der Waals surface area contributed by atoms with Crippen molar-refractivity contribution >= 4 is 23.0 Å². The van der Waals surface area contributed by atoms with Crippen LogP contribution in [-0.4, -0.2) is 0 Å². The van der Waals surface area contributed by atoms with Gasteiger partial charge in [0.05, 0.1) is 0 Å². The Kier molecular flexibility index (Phi) is 3.32. The first kappa shape index (κ1) is 10.8. The monoisotopic (exact) mass is 232 g/mol. The number of rotatable bonds is 3. The molecular formula is C13H13ClN2. The first-order chi connectivity index (χ1) is 7.75. The second-order valence-electron chi connectivity index (χ2n) is 3.57. The van der Waals surface area contributed by atoms with E-state index in [1.165, 1.54) is 0 Å². The molecule has 0 spiro atoms. The van der Waals surface area contributed by atoms with Crippen molar-refractivity contribution in [2.75, 3.05) is 11.1 Å². The highest BCUT2D eigenvalue weighted by atomic mass is 35.5. The third-order valence-corrected chi connectivity index (χ3v) is 2.70. The van der Waals surface area contributed by atoms with E-state index in [0.717, 1.165) is 22.0 Å². The van der Waals surface area contributed by atoms with Gasteiger partial charge in [-0.25, -0.2) is 0 Å². The summed E-state index contributed by atoms with van der Waals surface area (Å²) in [5.74, 6) is 0. The zero-order valence-electron chi connectivity index (χ0n) is 8.78. The van der Waals surface area contributed by atoms with Crippen LogP contribution in [0.1, 0.15) is 5.56 Å². The van der Waals surface area contributed by atoms with Crippen LogP contribution in [0.25, 0.3) is 0 Å². The lowest BCUT2D eigenvalue weighted by Crippen LogP contribution is -2.00. The zero-order chi connectivity index (χ0) is 11.4. The smallest absolute Gasteiger partial charge is 0.0455 e. The lowest BCUT2D eigenvalue weighted by Gasteiger charge is -2.08. The Morgan fingerprint density at radius 3 is 2.62 bits per heavy atom. The Morgan fingerprint density at radius 2 is 1.88 bits per heavy atom. The lowest BCUT2D eigenvalue weighted by molar-refractivity contribution is 1.15. The quantitative estimate of drug-likeness (QED) is 0.795. The van der Waals surface area contributed by atoms with Crippen molar-refractivity contribution in [2.24, 2.45) is 0 Å². The number of hydrogen-bond acceptors (Lipinski definition) is 2. The maximum Gasteiger partial charge on any atom is 0.0455 e. The third-order valence-electron chi connectivity index (χ3n) is 2.33. The molecule has 2 rings (SSSR count). The van der Waals surface area contributed by atoms with Crippen LogP contribution in [0, 0.1) is 0 Å². The molecule has 0 fully saturated rings. The second-order valence-corrected chi connectivity index (χ2v) is 3.98. The molecule has 0 amide bonds. The Hall–Kier alpha value is -1.67. The molecule has 0 aliphatic rings. The van der Waals surface area contributed by atoms with E-state index in [1.54, 1.807) is 0 Å². The van der Waals surface area contributed by atoms with Gasteiger partial charge in [-0.15, -0.1) is 0 Å². The average molecular weight is 233 g/mol. The summed E-state index contributed by atoms with van der Waals surface area (Å²) in [7, 11) is 0.